The summed E-state index contributed by atoms with van der Waals surface area (Å²) in [7, 11) is 0. The van der Waals surface area contributed by atoms with Crippen LogP contribution in [0.1, 0.15) is 12.1 Å². The third-order valence-electron chi connectivity index (χ3n) is 4.67. The number of anilines is 1. The monoisotopic (exact) mass is 320 g/mol. The van der Waals surface area contributed by atoms with Crippen LogP contribution in [0.4, 0.5) is 5.82 Å². The first-order chi connectivity index (χ1) is 11.7. The van der Waals surface area contributed by atoms with Crippen LogP contribution in [0.25, 0.3) is 22.3 Å². The second kappa shape index (κ2) is 6.17. The predicted octanol–water partition coefficient (Wildman–Crippen LogP) is 2.82. The van der Waals surface area contributed by atoms with Gasteiger partial charge in [-0.2, -0.15) is 0 Å². The van der Waals surface area contributed by atoms with Gasteiger partial charge in [-0.1, -0.05) is 18.2 Å². The zero-order valence-corrected chi connectivity index (χ0v) is 13.7. The zero-order chi connectivity index (χ0) is 16.5. The normalized spacial score (nSPS) is 17.6. The molecule has 0 saturated carbocycles. The Hall–Kier alpha value is -2.53. The second-order valence-corrected chi connectivity index (χ2v) is 6.34. The van der Waals surface area contributed by atoms with Crippen LogP contribution >= 0.6 is 0 Å². The van der Waals surface area contributed by atoms with E-state index in [1.807, 2.05) is 49.5 Å². The fourth-order valence-corrected chi connectivity index (χ4v) is 3.26. The van der Waals surface area contributed by atoms with Crippen LogP contribution < -0.4 is 4.90 Å². The molecule has 1 aliphatic heterocycles. The third kappa shape index (κ3) is 2.71. The second-order valence-electron chi connectivity index (χ2n) is 6.34. The summed E-state index contributed by atoms with van der Waals surface area (Å²) in [6, 6.07) is 12.1. The highest BCUT2D eigenvalue weighted by atomic mass is 16.3. The molecule has 0 radical (unpaired) electrons. The quantitative estimate of drug-likeness (QED) is 0.804. The molecule has 1 fully saturated rings. The SMILES string of the molecule is Cc1nc(-c2ccc(N3CCC(CO)C3)nc2)nc2ccccc12. The molecule has 3 heterocycles. The highest BCUT2D eigenvalue weighted by molar-refractivity contribution is 5.82. The average Bonchev–Trinajstić information content (AvgIpc) is 3.11. The maximum atomic E-state index is 9.27. The lowest BCUT2D eigenvalue weighted by atomic mass is 10.1. The van der Waals surface area contributed by atoms with E-state index in [2.05, 4.69) is 19.9 Å². The van der Waals surface area contributed by atoms with Crippen molar-refractivity contribution >= 4 is 16.7 Å². The van der Waals surface area contributed by atoms with Gasteiger partial charge in [0, 0.05) is 48.5 Å². The maximum Gasteiger partial charge on any atom is 0.161 e. The fraction of sp³-hybridized carbons (Fsp3) is 0.316. The van der Waals surface area contributed by atoms with Gasteiger partial charge in [-0.25, -0.2) is 15.0 Å². The van der Waals surface area contributed by atoms with Gasteiger partial charge in [-0.05, 0) is 31.5 Å². The van der Waals surface area contributed by atoms with Gasteiger partial charge in [0.15, 0.2) is 5.82 Å². The van der Waals surface area contributed by atoms with Crippen molar-refractivity contribution in [1.82, 2.24) is 15.0 Å². The smallest absolute Gasteiger partial charge is 0.161 e. The Morgan fingerprint density at radius 1 is 1.17 bits per heavy atom. The summed E-state index contributed by atoms with van der Waals surface area (Å²) in [5.74, 6) is 2.02. The van der Waals surface area contributed by atoms with Gasteiger partial charge in [0.05, 0.1) is 5.52 Å². The van der Waals surface area contributed by atoms with E-state index in [9.17, 15) is 5.11 Å². The van der Waals surface area contributed by atoms with E-state index in [-0.39, 0.29) is 6.61 Å². The number of hydrogen-bond donors (Lipinski definition) is 1. The molecular formula is C19H20N4O. The number of para-hydroxylation sites is 1. The van der Waals surface area contributed by atoms with Crippen LogP contribution in [-0.2, 0) is 0 Å². The molecule has 122 valence electrons. The number of rotatable bonds is 3. The largest absolute Gasteiger partial charge is 0.396 e. The molecule has 1 saturated heterocycles. The molecular weight excluding hydrogens is 300 g/mol. The van der Waals surface area contributed by atoms with E-state index in [0.29, 0.717) is 11.7 Å². The van der Waals surface area contributed by atoms with Crippen molar-refractivity contribution in [2.45, 2.75) is 13.3 Å². The Morgan fingerprint density at radius 3 is 2.79 bits per heavy atom. The van der Waals surface area contributed by atoms with Crippen molar-refractivity contribution in [3.05, 3.63) is 48.3 Å². The number of aliphatic hydroxyl groups excluding tert-OH is 1. The molecule has 0 amide bonds. The third-order valence-corrected chi connectivity index (χ3v) is 4.67. The number of fused-ring (bicyclic) bond motifs is 1. The topological polar surface area (TPSA) is 62.1 Å². The maximum absolute atomic E-state index is 9.27. The first-order valence-corrected chi connectivity index (χ1v) is 8.30. The molecule has 5 nitrogen and oxygen atoms in total. The van der Waals surface area contributed by atoms with Crippen molar-refractivity contribution in [2.24, 2.45) is 5.92 Å². The molecule has 1 aliphatic rings. The highest BCUT2D eigenvalue weighted by Gasteiger charge is 2.22. The molecule has 0 spiro atoms. The Balaban J connectivity index is 1.63. The van der Waals surface area contributed by atoms with Crippen molar-refractivity contribution in [2.75, 3.05) is 24.6 Å². The van der Waals surface area contributed by atoms with Gasteiger partial charge in [0.2, 0.25) is 0 Å². The van der Waals surface area contributed by atoms with E-state index < -0.39 is 0 Å². The first kappa shape index (κ1) is 15.0. The highest BCUT2D eigenvalue weighted by Crippen LogP contribution is 2.25. The van der Waals surface area contributed by atoms with Crippen LogP contribution in [0.2, 0.25) is 0 Å². The van der Waals surface area contributed by atoms with Crippen molar-refractivity contribution < 1.29 is 5.11 Å². The van der Waals surface area contributed by atoms with Crippen LogP contribution in [0.15, 0.2) is 42.6 Å². The molecule has 1 aromatic carbocycles. The van der Waals surface area contributed by atoms with Crippen LogP contribution in [0.5, 0.6) is 0 Å². The van der Waals surface area contributed by atoms with Gasteiger partial charge in [0.1, 0.15) is 5.82 Å². The van der Waals surface area contributed by atoms with Gasteiger partial charge >= 0.3 is 0 Å². The number of nitrogens with zero attached hydrogens (tertiary/aromatic N) is 4. The summed E-state index contributed by atoms with van der Waals surface area (Å²) in [4.78, 5) is 16.1. The van der Waals surface area contributed by atoms with E-state index in [4.69, 9.17) is 0 Å². The standard InChI is InChI=1S/C19H20N4O/c1-13-16-4-2-3-5-17(16)22-19(21-13)15-6-7-18(20-10-15)23-9-8-14(11-23)12-24/h2-7,10,14,24H,8-9,11-12H2,1H3. The minimum Gasteiger partial charge on any atom is -0.396 e. The lowest BCUT2D eigenvalue weighted by Gasteiger charge is -2.17. The molecule has 1 unspecified atom stereocenters. The Morgan fingerprint density at radius 2 is 2.04 bits per heavy atom. The number of aliphatic hydroxyl groups is 1. The molecule has 0 bridgehead atoms. The van der Waals surface area contributed by atoms with Crippen molar-refractivity contribution in [3.63, 3.8) is 0 Å². The van der Waals surface area contributed by atoms with Crippen molar-refractivity contribution in [3.8, 4) is 11.4 Å². The summed E-state index contributed by atoms with van der Waals surface area (Å²) >= 11 is 0. The molecule has 2 aromatic heterocycles. The summed E-state index contributed by atoms with van der Waals surface area (Å²) in [5.41, 5.74) is 2.85. The average molecular weight is 320 g/mol. The first-order valence-electron chi connectivity index (χ1n) is 8.30. The summed E-state index contributed by atoms with van der Waals surface area (Å²) in [6.45, 7) is 4.07. The van der Waals surface area contributed by atoms with E-state index >= 15 is 0 Å². The van der Waals surface area contributed by atoms with Gasteiger partial charge in [0.25, 0.3) is 0 Å². The Kier molecular flexibility index (Phi) is 3.86. The molecule has 3 aromatic rings. The molecule has 0 aliphatic carbocycles. The van der Waals surface area contributed by atoms with Crippen LogP contribution in [0.3, 0.4) is 0 Å². The lowest BCUT2D eigenvalue weighted by Crippen LogP contribution is -2.21. The summed E-state index contributed by atoms with van der Waals surface area (Å²) < 4.78 is 0. The van der Waals surface area contributed by atoms with Gasteiger partial charge in [-0.15, -0.1) is 0 Å². The van der Waals surface area contributed by atoms with Crippen LogP contribution in [0, 0.1) is 12.8 Å². The van der Waals surface area contributed by atoms with Crippen LogP contribution in [-0.4, -0.2) is 39.8 Å². The summed E-state index contributed by atoms with van der Waals surface area (Å²) in [5, 5.41) is 10.4. The summed E-state index contributed by atoms with van der Waals surface area (Å²) in [6.07, 6.45) is 2.86. The lowest BCUT2D eigenvalue weighted by molar-refractivity contribution is 0.238. The number of pyridine rings is 1. The minimum atomic E-state index is 0.249. The molecule has 1 N–H and O–H groups in total. The Labute approximate surface area is 141 Å². The molecule has 4 rings (SSSR count). The molecule has 5 heteroatoms. The minimum absolute atomic E-state index is 0.249. The fourth-order valence-electron chi connectivity index (χ4n) is 3.26. The van der Waals surface area contributed by atoms with Crippen molar-refractivity contribution in [1.29, 1.82) is 0 Å². The predicted molar refractivity (Wildman–Crippen MR) is 94.9 cm³/mol. The van der Waals surface area contributed by atoms with E-state index in [0.717, 1.165) is 47.5 Å². The number of aromatic nitrogens is 3. The number of aryl methyl sites for hydroxylation is 1. The van der Waals surface area contributed by atoms with Gasteiger partial charge < -0.3 is 10.0 Å². The molecule has 24 heavy (non-hydrogen) atoms. The van der Waals surface area contributed by atoms with Gasteiger partial charge in [-0.3, -0.25) is 0 Å². The van der Waals surface area contributed by atoms with E-state index in [1.54, 1.807) is 0 Å². The number of benzene rings is 1. The zero-order valence-electron chi connectivity index (χ0n) is 13.7. The molecule has 1 atom stereocenters. The Bertz CT molecular complexity index is 863. The number of hydrogen-bond acceptors (Lipinski definition) is 5. The van der Waals surface area contributed by atoms with E-state index in [1.165, 1.54) is 0 Å².